The fourth-order valence-corrected chi connectivity index (χ4v) is 1.83. The van der Waals surface area contributed by atoms with E-state index in [0.717, 1.165) is 6.42 Å². The highest BCUT2D eigenvalue weighted by atomic mass is 16.3. The zero-order valence-electron chi connectivity index (χ0n) is 11.9. The molecule has 0 bridgehead atoms. The van der Waals surface area contributed by atoms with Crippen LogP contribution in [0.3, 0.4) is 0 Å². The quantitative estimate of drug-likeness (QED) is 0.762. The van der Waals surface area contributed by atoms with Crippen molar-refractivity contribution in [2.24, 2.45) is 0 Å². The predicted octanol–water partition coefficient (Wildman–Crippen LogP) is 2.52. The van der Waals surface area contributed by atoms with Gasteiger partial charge in [0.1, 0.15) is 5.82 Å². The van der Waals surface area contributed by atoms with E-state index in [4.69, 9.17) is 5.11 Å². The zero-order valence-corrected chi connectivity index (χ0v) is 11.9. The summed E-state index contributed by atoms with van der Waals surface area (Å²) in [5, 5.41) is 15.0. The van der Waals surface area contributed by atoms with Crippen molar-refractivity contribution in [2.75, 3.05) is 17.2 Å². The van der Waals surface area contributed by atoms with Crippen LogP contribution in [-0.4, -0.2) is 28.6 Å². The summed E-state index contributed by atoms with van der Waals surface area (Å²) < 4.78 is 0. The Kier molecular flexibility index (Phi) is 5.29. The van der Waals surface area contributed by atoms with Gasteiger partial charge in [0, 0.05) is 5.56 Å². The minimum Gasteiger partial charge on any atom is -0.394 e. The van der Waals surface area contributed by atoms with E-state index < -0.39 is 0 Å². The number of aromatic nitrogens is 1. The van der Waals surface area contributed by atoms with Crippen molar-refractivity contribution >= 4 is 17.4 Å². The molecule has 1 amide bonds. The highest BCUT2D eigenvalue weighted by Crippen LogP contribution is 2.12. The molecular formula is C16H19N3O2. The molecule has 0 radical (unpaired) electrons. The SMILES string of the molecule is CCC(CO)Nc1ccc(NC(=O)c2ccccc2)cn1. The van der Waals surface area contributed by atoms with Crippen LogP contribution in [0.5, 0.6) is 0 Å². The summed E-state index contributed by atoms with van der Waals surface area (Å²) in [7, 11) is 0. The van der Waals surface area contributed by atoms with E-state index in [0.29, 0.717) is 17.1 Å². The molecule has 0 saturated heterocycles. The molecule has 1 atom stereocenters. The Morgan fingerprint density at radius 1 is 1.24 bits per heavy atom. The molecule has 1 unspecified atom stereocenters. The number of amides is 1. The van der Waals surface area contributed by atoms with Gasteiger partial charge >= 0.3 is 0 Å². The molecule has 21 heavy (non-hydrogen) atoms. The lowest BCUT2D eigenvalue weighted by Gasteiger charge is -2.14. The third-order valence-electron chi connectivity index (χ3n) is 3.12. The number of pyridine rings is 1. The molecule has 1 aromatic heterocycles. The second-order valence-electron chi connectivity index (χ2n) is 4.68. The van der Waals surface area contributed by atoms with Crippen molar-refractivity contribution in [1.82, 2.24) is 4.98 Å². The molecule has 3 N–H and O–H groups in total. The Morgan fingerprint density at radius 3 is 2.57 bits per heavy atom. The van der Waals surface area contributed by atoms with Gasteiger partial charge in [-0.15, -0.1) is 0 Å². The first-order chi connectivity index (χ1) is 10.2. The summed E-state index contributed by atoms with van der Waals surface area (Å²) >= 11 is 0. The third kappa shape index (κ3) is 4.29. The fraction of sp³-hybridized carbons (Fsp3) is 0.250. The van der Waals surface area contributed by atoms with Crippen LogP contribution in [0, 0.1) is 0 Å². The van der Waals surface area contributed by atoms with Gasteiger partial charge in [0.05, 0.1) is 24.5 Å². The van der Waals surface area contributed by atoms with Gasteiger partial charge in [-0.3, -0.25) is 4.79 Å². The molecule has 1 aromatic carbocycles. The summed E-state index contributed by atoms with van der Waals surface area (Å²) in [5.74, 6) is 0.508. The second kappa shape index (κ2) is 7.40. The van der Waals surface area contributed by atoms with Gasteiger partial charge < -0.3 is 15.7 Å². The standard InChI is InChI=1S/C16H19N3O2/c1-2-13(11-20)18-15-9-8-14(10-17-15)19-16(21)12-6-4-3-5-7-12/h3-10,13,20H,2,11H2,1H3,(H,17,18)(H,19,21). The van der Waals surface area contributed by atoms with Crippen LogP contribution in [0.15, 0.2) is 48.7 Å². The minimum atomic E-state index is -0.167. The van der Waals surface area contributed by atoms with E-state index in [9.17, 15) is 4.79 Å². The van der Waals surface area contributed by atoms with E-state index in [1.807, 2.05) is 25.1 Å². The highest BCUT2D eigenvalue weighted by Gasteiger charge is 2.07. The number of rotatable bonds is 6. The number of carbonyl (C=O) groups is 1. The Balaban J connectivity index is 1.98. The summed E-state index contributed by atoms with van der Waals surface area (Å²) in [5.41, 5.74) is 1.23. The van der Waals surface area contributed by atoms with Crippen LogP contribution in [-0.2, 0) is 0 Å². The van der Waals surface area contributed by atoms with Gasteiger partial charge in [0.2, 0.25) is 0 Å². The van der Waals surface area contributed by atoms with Crippen LogP contribution in [0.2, 0.25) is 0 Å². The lowest BCUT2D eigenvalue weighted by atomic mass is 10.2. The topological polar surface area (TPSA) is 74.2 Å². The molecule has 0 fully saturated rings. The highest BCUT2D eigenvalue weighted by molar-refractivity contribution is 6.04. The fourth-order valence-electron chi connectivity index (χ4n) is 1.83. The Morgan fingerprint density at radius 2 is 2.00 bits per heavy atom. The number of aliphatic hydroxyl groups excluding tert-OH is 1. The molecular weight excluding hydrogens is 266 g/mol. The van der Waals surface area contributed by atoms with E-state index in [2.05, 4.69) is 15.6 Å². The van der Waals surface area contributed by atoms with Gasteiger partial charge in [0.25, 0.3) is 5.91 Å². The summed E-state index contributed by atoms with van der Waals surface area (Å²) in [6.45, 7) is 2.05. The number of nitrogens with one attached hydrogen (secondary N) is 2. The van der Waals surface area contributed by atoms with E-state index in [1.54, 1.807) is 30.5 Å². The van der Waals surface area contributed by atoms with Gasteiger partial charge in [0.15, 0.2) is 0 Å². The number of benzene rings is 1. The molecule has 0 aliphatic heterocycles. The molecule has 0 aliphatic rings. The Hall–Kier alpha value is -2.40. The van der Waals surface area contributed by atoms with E-state index in [1.165, 1.54) is 0 Å². The average Bonchev–Trinajstić information content (AvgIpc) is 2.55. The molecule has 0 aliphatic carbocycles. The first kappa shape index (κ1) is 15.0. The molecule has 2 aromatic rings. The Labute approximate surface area is 124 Å². The molecule has 5 nitrogen and oxygen atoms in total. The van der Waals surface area contributed by atoms with Crippen molar-refractivity contribution in [2.45, 2.75) is 19.4 Å². The van der Waals surface area contributed by atoms with Crippen molar-refractivity contribution in [3.05, 3.63) is 54.2 Å². The number of hydrogen-bond acceptors (Lipinski definition) is 4. The first-order valence-corrected chi connectivity index (χ1v) is 6.92. The molecule has 1 heterocycles. The molecule has 0 spiro atoms. The van der Waals surface area contributed by atoms with Crippen molar-refractivity contribution in [1.29, 1.82) is 0 Å². The van der Waals surface area contributed by atoms with Crippen LogP contribution in [0.25, 0.3) is 0 Å². The van der Waals surface area contributed by atoms with Gasteiger partial charge in [-0.05, 0) is 30.7 Å². The number of carbonyl (C=O) groups excluding carboxylic acids is 1. The monoisotopic (exact) mass is 285 g/mol. The maximum Gasteiger partial charge on any atom is 0.255 e. The normalized spacial score (nSPS) is 11.7. The van der Waals surface area contributed by atoms with Gasteiger partial charge in [-0.1, -0.05) is 25.1 Å². The van der Waals surface area contributed by atoms with Crippen LogP contribution in [0.4, 0.5) is 11.5 Å². The molecule has 5 heteroatoms. The molecule has 110 valence electrons. The zero-order chi connectivity index (χ0) is 15.1. The maximum absolute atomic E-state index is 12.0. The smallest absolute Gasteiger partial charge is 0.255 e. The predicted molar refractivity (Wildman–Crippen MR) is 83.4 cm³/mol. The Bertz CT molecular complexity index is 566. The van der Waals surface area contributed by atoms with Crippen molar-refractivity contribution in [3.63, 3.8) is 0 Å². The molecule has 2 rings (SSSR count). The van der Waals surface area contributed by atoms with Gasteiger partial charge in [-0.25, -0.2) is 4.98 Å². The number of hydrogen-bond donors (Lipinski definition) is 3. The lowest BCUT2D eigenvalue weighted by molar-refractivity contribution is 0.102. The number of anilines is 2. The average molecular weight is 285 g/mol. The van der Waals surface area contributed by atoms with Gasteiger partial charge in [-0.2, -0.15) is 0 Å². The van der Waals surface area contributed by atoms with Crippen molar-refractivity contribution in [3.8, 4) is 0 Å². The minimum absolute atomic E-state index is 0.0118. The largest absolute Gasteiger partial charge is 0.394 e. The van der Waals surface area contributed by atoms with E-state index >= 15 is 0 Å². The van der Waals surface area contributed by atoms with E-state index in [-0.39, 0.29) is 18.6 Å². The lowest BCUT2D eigenvalue weighted by Crippen LogP contribution is -2.23. The molecule has 0 saturated carbocycles. The number of nitrogens with zero attached hydrogens (tertiary/aromatic N) is 1. The third-order valence-corrected chi connectivity index (χ3v) is 3.12. The van der Waals surface area contributed by atoms with Crippen LogP contribution in [0.1, 0.15) is 23.7 Å². The maximum atomic E-state index is 12.0. The summed E-state index contributed by atoms with van der Waals surface area (Å²) in [6, 6.07) is 12.6. The second-order valence-corrected chi connectivity index (χ2v) is 4.68. The van der Waals surface area contributed by atoms with Crippen LogP contribution >= 0.6 is 0 Å². The first-order valence-electron chi connectivity index (χ1n) is 6.92. The summed E-state index contributed by atoms with van der Waals surface area (Å²) in [4.78, 5) is 16.2. The number of aliphatic hydroxyl groups is 1. The van der Waals surface area contributed by atoms with Crippen molar-refractivity contribution < 1.29 is 9.90 Å². The van der Waals surface area contributed by atoms with Crippen LogP contribution < -0.4 is 10.6 Å². The summed E-state index contributed by atoms with van der Waals surface area (Å²) in [6.07, 6.45) is 2.40.